The second-order valence-electron chi connectivity index (χ2n) is 6.72. The second kappa shape index (κ2) is 7.74. The van der Waals surface area contributed by atoms with Crippen molar-refractivity contribution in [3.63, 3.8) is 0 Å². The third kappa shape index (κ3) is 4.10. The normalized spacial score (nSPS) is 15.8. The summed E-state index contributed by atoms with van der Waals surface area (Å²) in [4.78, 5) is 19.0. The summed E-state index contributed by atoms with van der Waals surface area (Å²) in [5.41, 5.74) is 2.26. The summed E-state index contributed by atoms with van der Waals surface area (Å²) >= 11 is 0. The number of alkyl halides is 3. The number of carbonyl (C=O) groups is 1. The molecule has 1 aliphatic heterocycles. The summed E-state index contributed by atoms with van der Waals surface area (Å²) in [6, 6.07) is 11.0. The van der Waals surface area contributed by atoms with Gasteiger partial charge in [0.2, 0.25) is 5.82 Å². The molecule has 2 aromatic carbocycles. The van der Waals surface area contributed by atoms with Crippen molar-refractivity contribution >= 4 is 5.91 Å². The Morgan fingerprint density at radius 2 is 1.70 bits per heavy atom. The van der Waals surface area contributed by atoms with Gasteiger partial charge in [0, 0.05) is 24.4 Å². The number of hydrogen-bond acceptors (Lipinski definition) is 4. The number of benzene rings is 2. The molecule has 3 aromatic rings. The SMILES string of the molecule is O=C(NC1CCOc2ccc(-c3ccc(F)cc3)cc21)c1cnc(C(F)(F)F)nc1. The average Bonchev–Trinajstić information content (AvgIpc) is 2.74. The first-order valence-electron chi connectivity index (χ1n) is 9.04. The zero-order valence-corrected chi connectivity index (χ0v) is 15.4. The maximum atomic E-state index is 13.2. The van der Waals surface area contributed by atoms with Gasteiger partial charge in [0.25, 0.3) is 5.91 Å². The number of nitrogens with one attached hydrogen (secondary N) is 1. The number of carbonyl (C=O) groups excluding carboxylic acids is 1. The highest BCUT2D eigenvalue weighted by Gasteiger charge is 2.34. The van der Waals surface area contributed by atoms with Crippen molar-refractivity contribution in [2.45, 2.75) is 18.6 Å². The summed E-state index contributed by atoms with van der Waals surface area (Å²) in [6.45, 7) is 0.372. The molecule has 1 aliphatic rings. The van der Waals surface area contributed by atoms with E-state index < -0.39 is 23.9 Å². The molecule has 0 spiro atoms. The van der Waals surface area contributed by atoms with Crippen LogP contribution < -0.4 is 10.1 Å². The van der Waals surface area contributed by atoms with E-state index in [-0.39, 0.29) is 11.4 Å². The lowest BCUT2D eigenvalue weighted by Gasteiger charge is -2.27. The van der Waals surface area contributed by atoms with Crippen LogP contribution >= 0.6 is 0 Å². The van der Waals surface area contributed by atoms with Crippen molar-refractivity contribution in [1.29, 1.82) is 0 Å². The van der Waals surface area contributed by atoms with Crippen molar-refractivity contribution in [2.24, 2.45) is 0 Å². The van der Waals surface area contributed by atoms with Crippen LogP contribution in [-0.2, 0) is 6.18 Å². The van der Waals surface area contributed by atoms with Crippen LogP contribution in [0.25, 0.3) is 11.1 Å². The summed E-state index contributed by atoms with van der Waals surface area (Å²) < 4.78 is 56.6. The fourth-order valence-electron chi connectivity index (χ4n) is 3.20. The van der Waals surface area contributed by atoms with Crippen LogP contribution in [0.2, 0.25) is 0 Å². The number of hydrogen-bond donors (Lipinski definition) is 1. The molecule has 1 atom stereocenters. The summed E-state index contributed by atoms with van der Waals surface area (Å²) in [5, 5.41) is 2.80. The van der Waals surface area contributed by atoms with Gasteiger partial charge in [-0.1, -0.05) is 18.2 Å². The number of halogens is 4. The summed E-state index contributed by atoms with van der Waals surface area (Å²) in [5.74, 6) is -1.64. The lowest BCUT2D eigenvalue weighted by molar-refractivity contribution is -0.145. The van der Waals surface area contributed by atoms with E-state index in [0.29, 0.717) is 18.8 Å². The van der Waals surface area contributed by atoms with E-state index in [0.717, 1.165) is 29.1 Å². The van der Waals surface area contributed by atoms with Gasteiger partial charge in [-0.15, -0.1) is 0 Å². The van der Waals surface area contributed by atoms with E-state index >= 15 is 0 Å². The predicted molar refractivity (Wildman–Crippen MR) is 99.2 cm³/mol. The molecule has 1 N–H and O–H groups in total. The lowest BCUT2D eigenvalue weighted by atomic mass is 9.95. The Labute approximate surface area is 168 Å². The topological polar surface area (TPSA) is 64.1 Å². The Hall–Kier alpha value is -3.49. The summed E-state index contributed by atoms with van der Waals surface area (Å²) in [7, 11) is 0. The number of nitrogens with zero attached hydrogens (tertiary/aromatic N) is 2. The molecule has 2 heterocycles. The van der Waals surface area contributed by atoms with E-state index in [2.05, 4.69) is 15.3 Å². The van der Waals surface area contributed by atoms with Crippen molar-refractivity contribution in [3.05, 3.63) is 77.6 Å². The molecule has 5 nitrogen and oxygen atoms in total. The van der Waals surface area contributed by atoms with Gasteiger partial charge in [-0.25, -0.2) is 14.4 Å². The van der Waals surface area contributed by atoms with Crippen molar-refractivity contribution < 1.29 is 27.1 Å². The molecule has 0 bridgehead atoms. The van der Waals surface area contributed by atoms with Gasteiger partial charge in [-0.3, -0.25) is 4.79 Å². The molecule has 1 aromatic heterocycles. The first-order chi connectivity index (χ1) is 14.3. The Balaban J connectivity index is 1.57. The Morgan fingerprint density at radius 3 is 2.37 bits per heavy atom. The number of fused-ring (bicyclic) bond motifs is 1. The van der Waals surface area contributed by atoms with Gasteiger partial charge < -0.3 is 10.1 Å². The minimum atomic E-state index is -4.68. The largest absolute Gasteiger partial charge is 0.493 e. The zero-order chi connectivity index (χ0) is 21.3. The van der Waals surface area contributed by atoms with E-state index in [9.17, 15) is 22.4 Å². The Kier molecular flexibility index (Phi) is 5.11. The van der Waals surface area contributed by atoms with Crippen LogP contribution in [0, 0.1) is 5.82 Å². The van der Waals surface area contributed by atoms with E-state index in [1.54, 1.807) is 18.2 Å². The molecule has 0 saturated carbocycles. The minimum absolute atomic E-state index is 0.0780. The average molecular weight is 417 g/mol. The molecular weight excluding hydrogens is 402 g/mol. The third-order valence-corrected chi connectivity index (χ3v) is 4.70. The fraction of sp³-hybridized carbons (Fsp3) is 0.190. The first-order valence-corrected chi connectivity index (χ1v) is 9.04. The Morgan fingerprint density at radius 1 is 1.03 bits per heavy atom. The van der Waals surface area contributed by atoms with Gasteiger partial charge in [0.1, 0.15) is 11.6 Å². The highest BCUT2D eigenvalue weighted by Crippen LogP contribution is 2.35. The van der Waals surface area contributed by atoms with E-state index in [1.807, 2.05) is 12.1 Å². The summed E-state index contributed by atoms with van der Waals surface area (Å²) in [6.07, 6.45) is -2.50. The van der Waals surface area contributed by atoms with Crippen LogP contribution in [-0.4, -0.2) is 22.5 Å². The molecule has 1 unspecified atom stereocenters. The second-order valence-corrected chi connectivity index (χ2v) is 6.72. The molecule has 0 aliphatic carbocycles. The smallest absolute Gasteiger partial charge is 0.451 e. The van der Waals surface area contributed by atoms with Crippen molar-refractivity contribution in [2.75, 3.05) is 6.61 Å². The predicted octanol–water partition coefficient (Wildman–Crippen LogP) is 4.56. The van der Waals surface area contributed by atoms with Gasteiger partial charge in [0.15, 0.2) is 0 Å². The zero-order valence-electron chi connectivity index (χ0n) is 15.4. The van der Waals surface area contributed by atoms with Gasteiger partial charge in [-0.2, -0.15) is 13.2 Å². The highest BCUT2D eigenvalue weighted by atomic mass is 19.4. The molecule has 154 valence electrons. The lowest BCUT2D eigenvalue weighted by Crippen LogP contribution is -2.32. The number of aromatic nitrogens is 2. The maximum Gasteiger partial charge on any atom is 0.451 e. The van der Waals surface area contributed by atoms with Crippen molar-refractivity contribution in [3.8, 4) is 16.9 Å². The van der Waals surface area contributed by atoms with Crippen LogP contribution in [0.15, 0.2) is 54.9 Å². The van der Waals surface area contributed by atoms with Crippen LogP contribution in [0.1, 0.15) is 34.2 Å². The molecule has 0 fully saturated rings. The third-order valence-electron chi connectivity index (χ3n) is 4.70. The quantitative estimate of drug-likeness (QED) is 0.635. The van der Waals surface area contributed by atoms with E-state index in [4.69, 9.17) is 4.74 Å². The standard InChI is InChI=1S/C21H15F4N3O2/c22-15-4-1-12(2-5-15)13-3-6-18-16(9-13)17(7-8-30-18)28-19(29)14-10-26-20(27-11-14)21(23,24)25/h1-6,9-11,17H,7-8H2,(H,28,29). The first kappa shape index (κ1) is 19.8. The number of rotatable bonds is 3. The molecule has 30 heavy (non-hydrogen) atoms. The highest BCUT2D eigenvalue weighted by molar-refractivity contribution is 5.94. The van der Waals surface area contributed by atoms with Gasteiger partial charge in [0.05, 0.1) is 18.2 Å². The van der Waals surface area contributed by atoms with Gasteiger partial charge >= 0.3 is 6.18 Å². The van der Waals surface area contributed by atoms with Crippen LogP contribution in [0.5, 0.6) is 5.75 Å². The monoisotopic (exact) mass is 417 g/mol. The maximum absolute atomic E-state index is 13.2. The number of ether oxygens (including phenoxy) is 1. The molecule has 0 saturated heterocycles. The van der Waals surface area contributed by atoms with Crippen LogP contribution in [0.3, 0.4) is 0 Å². The minimum Gasteiger partial charge on any atom is -0.493 e. The Bertz CT molecular complexity index is 1070. The van der Waals surface area contributed by atoms with Crippen molar-refractivity contribution in [1.82, 2.24) is 15.3 Å². The van der Waals surface area contributed by atoms with Gasteiger partial charge in [-0.05, 0) is 35.4 Å². The molecule has 9 heteroatoms. The molecule has 0 radical (unpaired) electrons. The molecular formula is C21H15F4N3O2. The molecule has 1 amide bonds. The van der Waals surface area contributed by atoms with Crippen LogP contribution in [0.4, 0.5) is 17.6 Å². The van der Waals surface area contributed by atoms with E-state index in [1.165, 1.54) is 12.1 Å². The molecule has 4 rings (SSSR count). The fourth-order valence-corrected chi connectivity index (χ4v) is 3.20. The number of amides is 1.